The van der Waals surface area contributed by atoms with Gasteiger partial charge in [0, 0.05) is 17.8 Å². The third-order valence-corrected chi connectivity index (χ3v) is 4.02. The number of carbonyl (C=O) groups excluding carboxylic acids is 2. The third-order valence-electron chi connectivity index (χ3n) is 4.02. The standard InChI is InChI=1S/C23H21NO5/c1-16(25)21-12-11-19(27-2)14-22(21)28-15-23(26)24-17-7-6-10-20(13-17)29-18-8-4-3-5-9-18/h3-14H,15H2,1-2H3,(H,24,26). The highest BCUT2D eigenvalue weighted by Crippen LogP contribution is 2.26. The van der Waals surface area contributed by atoms with Gasteiger partial charge in [0.2, 0.25) is 0 Å². The van der Waals surface area contributed by atoms with Crippen LogP contribution in [0.25, 0.3) is 0 Å². The molecule has 0 saturated heterocycles. The number of ketones is 1. The van der Waals surface area contributed by atoms with Crippen molar-refractivity contribution < 1.29 is 23.8 Å². The van der Waals surface area contributed by atoms with E-state index >= 15 is 0 Å². The van der Waals surface area contributed by atoms with Crippen molar-refractivity contribution in [2.75, 3.05) is 19.0 Å². The van der Waals surface area contributed by atoms with Crippen LogP contribution in [0.15, 0.2) is 72.8 Å². The monoisotopic (exact) mass is 391 g/mol. The van der Waals surface area contributed by atoms with Crippen molar-refractivity contribution in [1.29, 1.82) is 0 Å². The number of carbonyl (C=O) groups is 2. The average molecular weight is 391 g/mol. The smallest absolute Gasteiger partial charge is 0.262 e. The molecule has 0 aliphatic carbocycles. The Morgan fingerprint density at radius 2 is 1.62 bits per heavy atom. The predicted octanol–water partition coefficient (Wildman–Crippen LogP) is 4.71. The molecule has 148 valence electrons. The Labute approximate surface area is 169 Å². The first-order chi connectivity index (χ1) is 14.0. The van der Waals surface area contributed by atoms with E-state index in [1.165, 1.54) is 14.0 Å². The fraction of sp³-hybridized carbons (Fsp3) is 0.130. The highest BCUT2D eigenvalue weighted by atomic mass is 16.5. The first kappa shape index (κ1) is 19.9. The number of benzene rings is 3. The maximum Gasteiger partial charge on any atom is 0.262 e. The third kappa shape index (κ3) is 5.59. The van der Waals surface area contributed by atoms with Crippen LogP contribution in [0.1, 0.15) is 17.3 Å². The van der Waals surface area contributed by atoms with Crippen LogP contribution in [0.3, 0.4) is 0 Å². The van der Waals surface area contributed by atoms with E-state index in [1.54, 1.807) is 42.5 Å². The molecule has 0 spiro atoms. The lowest BCUT2D eigenvalue weighted by Gasteiger charge is -2.12. The zero-order valence-corrected chi connectivity index (χ0v) is 16.2. The fourth-order valence-electron chi connectivity index (χ4n) is 2.64. The summed E-state index contributed by atoms with van der Waals surface area (Å²) < 4.78 is 16.5. The van der Waals surface area contributed by atoms with E-state index in [2.05, 4.69) is 5.32 Å². The zero-order valence-electron chi connectivity index (χ0n) is 16.2. The SMILES string of the molecule is COc1ccc(C(C)=O)c(OCC(=O)Nc2cccc(Oc3ccccc3)c2)c1. The second-order valence-corrected chi connectivity index (χ2v) is 6.20. The summed E-state index contributed by atoms with van der Waals surface area (Å²) in [5.41, 5.74) is 0.960. The minimum absolute atomic E-state index is 0.158. The number of para-hydroxylation sites is 1. The predicted molar refractivity (Wildman–Crippen MR) is 110 cm³/mol. The number of methoxy groups -OCH3 is 1. The summed E-state index contributed by atoms with van der Waals surface area (Å²) in [7, 11) is 1.52. The zero-order chi connectivity index (χ0) is 20.6. The molecule has 0 bridgehead atoms. The molecular weight excluding hydrogens is 370 g/mol. The molecule has 0 aliphatic rings. The van der Waals surface area contributed by atoms with Gasteiger partial charge in [-0.1, -0.05) is 24.3 Å². The van der Waals surface area contributed by atoms with Crippen molar-refractivity contribution in [3.8, 4) is 23.0 Å². The normalized spacial score (nSPS) is 10.1. The first-order valence-corrected chi connectivity index (χ1v) is 9.00. The average Bonchev–Trinajstić information content (AvgIpc) is 2.73. The van der Waals surface area contributed by atoms with Crippen LogP contribution in [-0.4, -0.2) is 25.4 Å². The number of amides is 1. The van der Waals surface area contributed by atoms with E-state index in [0.717, 1.165) is 0 Å². The topological polar surface area (TPSA) is 73.9 Å². The molecule has 3 rings (SSSR count). The summed E-state index contributed by atoms with van der Waals surface area (Å²) in [5.74, 6) is 1.62. The van der Waals surface area contributed by atoms with Gasteiger partial charge in [-0.15, -0.1) is 0 Å². The number of anilines is 1. The van der Waals surface area contributed by atoms with Crippen molar-refractivity contribution >= 4 is 17.4 Å². The Kier molecular flexibility index (Phi) is 6.47. The van der Waals surface area contributed by atoms with Crippen molar-refractivity contribution in [1.82, 2.24) is 0 Å². The molecule has 0 aromatic heterocycles. The molecule has 0 atom stereocenters. The highest BCUT2D eigenvalue weighted by Gasteiger charge is 2.12. The Hall–Kier alpha value is -3.80. The molecular formula is C23H21NO5. The molecule has 0 unspecified atom stereocenters. The van der Waals surface area contributed by atoms with Gasteiger partial charge in [0.05, 0.1) is 12.7 Å². The van der Waals surface area contributed by atoms with Gasteiger partial charge < -0.3 is 19.5 Å². The molecule has 0 saturated carbocycles. The molecule has 29 heavy (non-hydrogen) atoms. The maximum absolute atomic E-state index is 12.3. The van der Waals surface area contributed by atoms with Crippen LogP contribution < -0.4 is 19.5 Å². The van der Waals surface area contributed by atoms with E-state index in [4.69, 9.17) is 14.2 Å². The van der Waals surface area contributed by atoms with E-state index in [9.17, 15) is 9.59 Å². The van der Waals surface area contributed by atoms with Gasteiger partial charge in [0.1, 0.15) is 23.0 Å². The van der Waals surface area contributed by atoms with Crippen molar-refractivity contribution in [2.24, 2.45) is 0 Å². The molecule has 0 aliphatic heterocycles. The number of rotatable bonds is 8. The van der Waals surface area contributed by atoms with Gasteiger partial charge in [0.15, 0.2) is 12.4 Å². The minimum Gasteiger partial charge on any atom is -0.497 e. The molecule has 6 heteroatoms. The summed E-state index contributed by atoms with van der Waals surface area (Å²) in [4.78, 5) is 24.1. The number of hydrogen-bond donors (Lipinski definition) is 1. The number of nitrogens with one attached hydrogen (secondary N) is 1. The summed E-state index contributed by atoms with van der Waals surface area (Å²) >= 11 is 0. The Balaban J connectivity index is 1.63. The molecule has 3 aromatic carbocycles. The molecule has 6 nitrogen and oxygen atoms in total. The lowest BCUT2D eigenvalue weighted by molar-refractivity contribution is -0.118. The maximum atomic E-state index is 12.3. The highest BCUT2D eigenvalue weighted by molar-refractivity contribution is 5.97. The van der Waals surface area contributed by atoms with Crippen LogP contribution in [0.4, 0.5) is 5.69 Å². The summed E-state index contributed by atoms with van der Waals surface area (Å²) in [6, 6.07) is 21.3. The summed E-state index contributed by atoms with van der Waals surface area (Å²) in [6.07, 6.45) is 0. The second-order valence-electron chi connectivity index (χ2n) is 6.20. The van der Waals surface area contributed by atoms with E-state index in [1.807, 2.05) is 30.3 Å². The van der Waals surface area contributed by atoms with E-state index in [-0.39, 0.29) is 18.3 Å². The van der Waals surface area contributed by atoms with Crippen LogP contribution in [-0.2, 0) is 4.79 Å². The van der Waals surface area contributed by atoms with Gasteiger partial charge in [-0.25, -0.2) is 0 Å². The molecule has 3 aromatic rings. The number of hydrogen-bond acceptors (Lipinski definition) is 5. The van der Waals surface area contributed by atoms with E-state index < -0.39 is 0 Å². The van der Waals surface area contributed by atoms with Gasteiger partial charge in [-0.3, -0.25) is 9.59 Å². The van der Waals surface area contributed by atoms with Gasteiger partial charge in [0.25, 0.3) is 5.91 Å². The number of Topliss-reactive ketones (excluding diaryl/α,β-unsaturated/α-hetero) is 1. The quantitative estimate of drug-likeness (QED) is 0.563. The van der Waals surface area contributed by atoms with Crippen LogP contribution in [0, 0.1) is 0 Å². The van der Waals surface area contributed by atoms with Crippen LogP contribution in [0.2, 0.25) is 0 Å². The fourth-order valence-corrected chi connectivity index (χ4v) is 2.64. The minimum atomic E-state index is -0.362. The van der Waals surface area contributed by atoms with Crippen LogP contribution >= 0.6 is 0 Å². The van der Waals surface area contributed by atoms with Crippen LogP contribution in [0.5, 0.6) is 23.0 Å². The lowest BCUT2D eigenvalue weighted by atomic mass is 10.1. The molecule has 0 radical (unpaired) electrons. The Morgan fingerprint density at radius 1 is 0.862 bits per heavy atom. The Bertz CT molecular complexity index is 1000. The van der Waals surface area contributed by atoms with Crippen molar-refractivity contribution in [3.05, 3.63) is 78.4 Å². The molecule has 0 heterocycles. The van der Waals surface area contributed by atoms with Gasteiger partial charge in [-0.2, -0.15) is 0 Å². The molecule has 1 N–H and O–H groups in total. The second kappa shape index (κ2) is 9.41. The van der Waals surface area contributed by atoms with Crippen molar-refractivity contribution in [3.63, 3.8) is 0 Å². The van der Waals surface area contributed by atoms with Crippen molar-refractivity contribution in [2.45, 2.75) is 6.92 Å². The molecule has 1 amide bonds. The van der Waals surface area contributed by atoms with E-state index in [0.29, 0.717) is 34.2 Å². The Morgan fingerprint density at radius 3 is 2.34 bits per heavy atom. The largest absolute Gasteiger partial charge is 0.497 e. The van der Waals surface area contributed by atoms with Gasteiger partial charge >= 0.3 is 0 Å². The summed E-state index contributed by atoms with van der Waals surface area (Å²) in [6.45, 7) is 1.18. The first-order valence-electron chi connectivity index (χ1n) is 9.00. The number of ether oxygens (including phenoxy) is 3. The lowest BCUT2D eigenvalue weighted by Crippen LogP contribution is -2.20. The molecule has 0 fully saturated rings. The van der Waals surface area contributed by atoms with Gasteiger partial charge in [-0.05, 0) is 43.3 Å². The summed E-state index contributed by atoms with van der Waals surface area (Å²) in [5, 5.41) is 2.76.